The maximum absolute atomic E-state index is 5.83. The number of benzene rings is 2. The number of alkyl halides is 1. The van der Waals surface area contributed by atoms with Crippen LogP contribution in [0, 0.1) is 6.92 Å². The Morgan fingerprint density at radius 3 is 2.15 bits per heavy atom. The standard InChI is InChI=1S/C23H29ClO2/c1-16(9-8-10-17(2)15-24)13-14-19-18(3)22(25-4)20-11-6-7-12-21(20)23(19)26-5/h6-7,10-13H,8-9,14-15H2,1-5H3/b16-13+,17-10?. The third-order valence-electron chi connectivity index (χ3n) is 4.79. The second-order valence-electron chi connectivity index (χ2n) is 6.69. The van der Waals surface area contributed by atoms with Crippen molar-refractivity contribution in [1.82, 2.24) is 0 Å². The van der Waals surface area contributed by atoms with Crippen LogP contribution in [0.5, 0.6) is 11.5 Å². The van der Waals surface area contributed by atoms with Gasteiger partial charge in [-0.1, -0.05) is 47.6 Å². The van der Waals surface area contributed by atoms with Crippen molar-refractivity contribution >= 4 is 22.4 Å². The molecule has 0 aliphatic rings. The van der Waals surface area contributed by atoms with Gasteiger partial charge in [0, 0.05) is 22.2 Å². The lowest BCUT2D eigenvalue weighted by atomic mass is 9.95. The molecule has 0 amide bonds. The van der Waals surface area contributed by atoms with Crippen LogP contribution < -0.4 is 9.47 Å². The van der Waals surface area contributed by atoms with Crippen molar-refractivity contribution in [2.24, 2.45) is 0 Å². The first-order valence-electron chi connectivity index (χ1n) is 9.02. The van der Waals surface area contributed by atoms with E-state index in [2.05, 4.69) is 45.1 Å². The van der Waals surface area contributed by atoms with Crippen LogP contribution in [0.15, 0.2) is 47.6 Å². The molecule has 0 unspecified atom stereocenters. The maximum Gasteiger partial charge on any atom is 0.130 e. The highest BCUT2D eigenvalue weighted by atomic mass is 35.5. The molecular formula is C23H29ClO2. The lowest BCUT2D eigenvalue weighted by Gasteiger charge is -2.18. The predicted molar refractivity (Wildman–Crippen MR) is 113 cm³/mol. The molecule has 0 N–H and O–H groups in total. The molecule has 3 heteroatoms. The van der Waals surface area contributed by atoms with Crippen LogP contribution in [0.25, 0.3) is 10.8 Å². The minimum Gasteiger partial charge on any atom is -0.496 e. The topological polar surface area (TPSA) is 18.5 Å². The zero-order chi connectivity index (χ0) is 19.1. The van der Waals surface area contributed by atoms with Gasteiger partial charge < -0.3 is 9.47 Å². The van der Waals surface area contributed by atoms with Gasteiger partial charge in [0.15, 0.2) is 0 Å². The summed E-state index contributed by atoms with van der Waals surface area (Å²) in [5.41, 5.74) is 4.94. The Hall–Kier alpha value is -1.93. The fourth-order valence-corrected chi connectivity index (χ4v) is 3.38. The first-order valence-corrected chi connectivity index (χ1v) is 9.56. The molecule has 0 saturated carbocycles. The summed E-state index contributed by atoms with van der Waals surface area (Å²) in [5, 5.41) is 2.19. The van der Waals surface area contributed by atoms with E-state index in [0.29, 0.717) is 5.88 Å². The van der Waals surface area contributed by atoms with E-state index in [1.165, 1.54) is 16.7 Å². The Morgan fingerprint density at radius 2 is 1.58 bits per heavy atom. The summed E-state index contributed by atoms with van der Waals surface area (Å²) in [5.74, 6) is 2.49. The van der Waals surface area contributed by atoms with Crippen molar-refractivity contribution in [3.05, 3.63) is 58.7 Å². The summed E-state index contributed by atoms with van der Waals surface area (Å²) in [6, 6.07) is 8.25. The van der Waals surface area contributed by atoms with Crippen molar-refractivity contribution in [2.75, 3.05) is 20.1 Å². The molecule has 140 valence electrons. The molecule has 0 radical (unpaired) electrons. The highest BCUT2D eigenvalue weighted by Crippen LogP contribution is 2.40. The third kappa shape index (κ3) is 4.62. The second kappa shape index (κ2) is 9.68. The van der Waals surface area contributed by atoms with Crippen LogP contribution in [-0.2, 0) is 6.42 Å². The third-order valence-corrected chi connectivity index (χ3v) is 5.21. The van der Waals surface area contributed by atoms with Crippen LogP contribution in [0.4, 0.5) is 0 Å². The van der Waals surface area contributed by atoms with E-state index < -0.39 is 0 Å². The zero-order valence-corrected chi connectivity index (χ0v) is 17.2. The van der Waals surface area contributed by atoms with Crippen LogP contribution in [-0.4, -0.2) is 20.1 Å². The Bertz CT molecular complexity index is 819. The highest BCUT2D eigenvalue weighted by Gasteiger charge is 2.17. The summed E-state index contributed by atoms with van der Waals surface area (Å²) < 4.78 is 11.5. The SMILES string of the molecule is COc1c(C)c(C/C=C(\C)CCC=C(C)CCl)c(OC)c2ccccc12. The monoisotopic (exact) mass is 372 g/mol. The molecule has 2 nitrogen and oxygen atoms in total. The molecule has 2 aromatic carbocycles. The summed E-state index contributed by atoms with van der Waals surface area (Å²) in [7, 11) is 3.48. The van der Waals surface area contributed by atoms with Crippen molar-refractivity contribution in [3.8, 4) is 11.5 Å². The number of fused-ring (bicyclic) bond motifs is 1. The van der Waals surface area contributed by atoms with Crippen LogP contribution >= 0.6 is 11.6 Å². The number of hydrogen-bond acceptors (Lipinski definition) is 2. The number of ether oxygens (including phenoxy) is 2. The van der Waals surface area contributed by atoms with Gasteiger partial charge in [-0.15, -0.1) is 11.6 Å². The van der Waals surface area contributed by atoms with Crippen molar-refractivity contribution < 1.29 is 9.47 Å². The van der Waals surface area contributed by atoms with Gasteiger partial charge in [-0.05, 0) is 45.6 Å². The van der Waals surface area contributed by atoms with Gasteiger partial charge in [0.1, 0.15) is 11.5 Å². The minimum absolute atomic E-state index is 0.607. The lowest BCUT2D eigenvalue weighted by Crippen LogP contribution is -2.00. The first kappa shape index (κ1) is 20.4. The van der Waals surface area contributed by atoms with Gasteiger partial charge >= 0.3 is 0 Å². The number of allylic oxidation sites excluding steroid dienone is 4. The van der Waals surface area contributed by atoms with Gasteiger partial charge in [-0.2, -0.15) is 0 Å². The van der Waals surface area contributed by atoms with Gasteiger partial charge in [-0.25, -0.2) is 0 Å². The van der Waals surface area contributed by atoms with E-state index in [0.717, 1.165) is 47.1 Å². The normalized spacial score (nSPS) is 12.5. The Morgan fingerprint density at radius 1 is 0.962 bits per heavy atom. The van der Waals surface area contributed by atoms with Gasteiger partial charge in [0.05, 0.1) is 14.2 Å². The Kier molecular flexibility index (Phi) is 7.59. The number of rotatable bonds is 8. The fourth-order valence-electron chi connectivity index (χ4n) is 3.27. The molecule has 0 aliphatic heterocycles. The average molecular weight is 373 g/mol. The minimum atomic E-state index is 0.607. The molecule has 2 rings (SSSR count). The Labute approximate surface area is 162 Å². The quantitative estimate of drug-likeness (QED) is 0.383. The molecule has 2 aromatic rings. The zero-order valence-electron chi connectivity index (χ0n) is 16.5. The largest absolute Gasteiger partial charge is 0.496 e. The van der Waals surface area contributed by atoms with E-state index in [1.54, 1.807) is 14.2 Å². The molecule has 26 heavy (non-hydrogen) atoms. The summed E-state index contributed by atoms with van der Waals surface area (Å²) in [6.07, 6.45) is 7.41. The molecule has 0 spiro atoms. The van der Waals surface area contributed by atoms with Crippen LogP contribution in [0.1, 0.15) is 37.8 Å². The van der Waals surface area contributed by atoms with E-state index in [4.69, 9.17) is 21.1 Å². The molecule has 0 saturated heterocycles. The number of methoxy groups -OCH3 is 2. The van der Waals surface area contributed by atoms with Crippen LogP contribution in [0.2, 0.25) is 0 Å². The second-order valence-corrected chi connectivity index (χ2v) is 6.96. The number of halogens is 1. The summed E-state index contributed by atoms with van der Waals surface area (Å²) >= 11 is 5.83. The fraction of sp³-hybridized carbons (Fsp3) is 0.391. The van der Waals surface area contributed by atoms with Gasteiger partial charge in [0.25, 0.3) is 0 Å². The van der Waals surface area contributed by atoms with Crippen molar-refractivity contribution in [3.63, 3.8) is 0 Å². The molecule has 0 aliphatic carbocycles. The molecule has 0 heterocycles. The first-order chi connectivity index (χ1) is 12.5. The van der Waals surface area contributed by atoms with Crippen LogP contribution in [0.3, 0.4) is 0 Å². The van der Waals surface area contributed by atoms with Crippen molar-refractivity contribution in [2.45, 2.75) is 40.0 Å². The Balaban J connectivity index is 2.34. The van der Waals surface area contributed by atoms with E-state index in [-0.39, 0.29) is 0 Å². The summed E-state index contributed by atoms with van der Waals surface area (Å²) in [6.45, 7) is 6.37. The van der Waals surface area contributed by atoms with Gasteiger partial charge in [0.2, 0.25) is 0 Å². The van der Waals surface area contributed by atoms with E-state index >= 15 is 0 Å². The molecule has 0 bridgehead atoms. The van der Waals surface area contributed by atoms with E-state index in [1.807, 2.05) is 12.1 Å². The molecule has 0 atom stereocenters. The smallest absolute Gasteiger partial charge is 0.130 e. The molecule has 0 fully saturated rings. The highest BCUT2D eigenvalue weighted by molar-refractivity contribution is 6.19. The lowest BCUT2D eigenvalue weighted by molar-refractivity contribution is 0.404. The molecular weight excluding hydrogens is 344 g/mol. The van der Waals surface area contributed by atoms with E-state index in [9.17, 15) is 0 Å². The number of hydrogen-bond donors (Lipinski definition) is 0. The average Bonchev–Trinajstić information content (AvgIpc) is 2.65. The maximum atomic E-state index is 5.83. The summed E-state index contributed by atoms with van der Waals surface area (Å²) in [4.78, 5) is 0. The van der Waals surface area contributed by atoms with Crippen molar-refractivity contribution in [1.29, 1.82) is 0 Å². The molecule has 0 aromatic heterocycles. The van der Waals surface area contributed by atoms with Gasteiger partial charge in [-0.3, -0.25) is 0 Å². The predicted octanol–water partition coefficient (Wildman–Crippen LogP) is 6.62.